The first-order valence-corrected chi connectivity index (χ1v) is 7.81. The zero-order valence-electron chi connectivity index (χ0n) is 12.5. The molecule has 1 N–H and O–H groups in total. The maximum absolute atomic E-state index is 13.1. The summed E-state index contributed by atoms with van der Waals surface area (Å²) in [5.74, 6) is 0.201. The fourth-order valence-corrected chi connectivity index (χ4v) is 2.89. The lowest BCUT2D eigenvalue weighted by molar-refractivity contribution is -0.121. The minimum Gasteiger partial charge on any atom is -0.326 e. The van der Waals surface area contributed by atoms with E-state index in [4.69, 9.17) is 11.6 Å². The fraction of sp³-hybridized carbons (Fsp3) is 0.562. The van der Waals surface area contributed by atoms with E-state index in [-0.39, 0.29) is 16.8 Å². The predicted molar refractivity (Wildman–Crippen MR) is 84.0 cm³/mol. The zero-order valence-corrected chi connectivity index (χ0v) is 13.3. The third-order valence-corrected chi connectivity index (χ3v) is 4.06. The highest BCUT2D eigenvalue weighted by atomic mass is 35.5. The Balaban J connectivity index is 1.86. The second-order valence-electron chi connectivity index (χ2n) is 6.09. The zero-order chi connectivity index (χ0) is 15.4. The predicted octanol–water partition coefficient (Wildman–Crippen LogP) is 3.79. The van der Waals surface area contributed by atoms with Gasteiger partial charge in [-0.2, -0.15) is 0 Å². The third-order valence-electron chi connectivity index (χ3n) is 3.77. The summed E-state index contributed by atoms with van der Waals surface area (Å²) < 4.78 is 13.1. The smallest absolute Gasteiger partial charge is 0.227 e. The molecule has 3 nitrogen and oxygen atoms in total. The van der Waals surface area contributed by atoms with Crippen LogP contribution < -0.4 is 5.32 Å². The average Bonchev–Trinajstić information content (AvgIpc) is 2.43. The SMILES string of the molecule is CC(C)CN1CCC(C(=O)Nc2ccc(F)c(Cl)c2)CC1. The number of carbonyl (C=O) groups excluding carboxylic acids is 1. The van der Waals surface area contributed by atoms with Crippen molar-refractivity contribution in [3.05, 3.63) is 29.0 Å². The topological polar surface area (TPSA) is 32.3 Å². The van der Waals surface area contributed by atoms with Crippen LogP contribution in [0, 0.1) is 17.7 Å². The number of nitrogens with zero attached hydrogens (tertiary/aromatic N) is 1. The molecule has 5 heteroatoms. The number of rotatable bonds is 4. The van der Waals surface area contributed by atoms with Gasteiger partial charge >= 0.3 is 0 Å². The van der Waals surface area contributed by atoms with Crippen molar-refractivity contribution in [2.45, 2.75) is 26.7 Å². The molecule has 1 aliphatic heterocycles. The van der Waals surface area contributed by atoms with Crippen LogP contribution in [-0.4, -0.2) is 30.4 Å². The summed E-state index contributed by atoms with van der Waals surface area (Å²) in [6, 6.07) is 4.25. The maximum atomic E-state index is 13.1. The number of halogens is 2. The molecule has 1 aromatic carbocycles. The molecular formula is C16H22ClFN2O. The molecule has 0 bridgehead atoms. The molecule has 2 rings (SSSR count). The van der Waals surface area contributed by atoms with Gasteiger partial charge in [-0.15, -0.1) is 0 Å². The van der Waals surface area contributed by atoms with Gasteiger partial charge in [-0.1, -0.05) is 25.4 Å². The molecule has 0 aliphatic carbocycles. The standard InChI is InChI=1S/C16H22ClFN2O/c1-11(2)10-20-7-5-12(6-8-20)16(21)19-13-3-4-15(18)14(17)9-13/h3-4,9,11-12H,5-8,10H2,1-2H3,(H,19,21). The quantitative estimate of drug-likeness (QED) is 0.917. The van der Waals surface area contributed by atoms with E-state index in [1.165, 1.54) is 18.2 Å². The van der Waals surface area contributed by atoms with Crippen molar-refractivity contribution in [3.8, 4) is 0 Å². The van der Waals surface area contributed by atoms with Crippen molar-refractivity contribution >= 4 is 23.2 Å². The molecule has 1 heterocycles. The molecule has 0 spiro atoms. The van der Waals surface area contributed by atoms with Crippen LogP contribution in [-0.2, 0) is 4.79 Å². The molecule has 1 amide bonds. The summed E-state index contributed by atoms with van der Waals surface area (Å²) in [4.78, 5) is 14.6. The molecule has 0 aromatic heterocycles. The highest BCUT2D eigenvalue weighted by Crippen LogP contribution is 2.23. The van der Waals surface area contributed by atoms with E-state index >= 15 is 0 Å². The van der Waals surface area contributed by atoms with Crippen LogP contribution in [0.2, 0.25) is 5.02 Å². The molecule has 116 valence electrons. The Hall–Kier alpha value is -1.13. The first kappa shape index (κ1) is 16.2. The molecule has 1 aliphatic rings. The maximum Gasteiger partial charge on any atom is 0.227 e. The summed E-state index contributed by atoms with van der Waals surface area (Å²) >= 11 is 5.72. The minimum absolute atomic E-state index is 0.00173. The first-order chi connectivity index (χ1) is 9.95. The van der Waals surface area contributed by atoms with Gasteiger partial charge in [0.25, 0.3) is 0 Å². The van der Waals surface area contributed by atoms with Crippen LogP contribution in [0.3, 0.4) is 0 Å². The summed E-state index contributed by atoms with van der Waals surface area (Å²) in [5.41, 5.74) is 0.552. The number of anilines is 1. The van der Waals surface area contributed by atoms with Crippen LogP contribution >= 0.6 is 11.6 Å². The normalized spacial score (nSPS) is 17.2. The molecule has 0 unspecified atom stereocenters. The Kier molecular flexibility index (Phi) is 5.59. The molecule has 0 atom stereocenters. The van der Waals surface area contributed by atoms with Crippen molar-refractivity contribution in [2.24, 2.45) is 11.8 Å². The van der Waals surface area contributed by atoms with Gasteiger partial charge in [0, 0.05) is 18.2 Å². The van der Waals surface area contributed by atoms with Crippen molar-refractivity contribution < 1.29 is 9.18 Å². The monoisotopic (exact) mass is 312 g/mol. The van der Waals surface area contributed by atoms with Crippen LogP contribution in [0.15, 0.2) is 18.2 Å². The number of likely N-dealkylation sites (tertiary alicyclic amines) is 1. The number of hydrogen-bond donors (Lipinski definition) is 1. The number of hydrogen-bond acceptors (Lipinski definition) is 2. The van der Waals surface area contributed by atoms with Crippen molar-refractivity contribution in [1.82, 2.24) is 4.90 Å². The van der Waals surface area contributed by atoms with Crippen LogP contribution in [0.1, 0.15) is 26.7 Å². The van der Waals surface area contributed by atoms with E-state index in [0.717, 1.165) is 32.5 Å². The Morgan fingerprint density at radius 1 is 1.43 bits per heavy atom. The van der Waals surface area contributed by atoms with E-state index in [1.54, 1.807) is 0 Å². The minimum atomic E-state index is -0.475. The summed E-state index contributed by atoms with van der Waals surface area (Å²) in [6.07, 6.45) is 1.74. The van der Waals surface area contributed by atoms with Gasteiger partial charge in [-0.3, -0.25) is 4.79 Å². The number of carbonyl (C=O) groups is 1. The molecule has 0 saturated carbocycles. The first-order valence-electron chi connectivity index (χ1n) is 7.44. The van der Waals surface area contributed by atoms with Gasteiger partial charge in [0.2, 0.25) is 5.91 Å². The van der Waals surface area contributed by atoms with Crippen LogP contribution in [0.4, 0.5) is 10.1 Å². The van der Waals surface area contributed by atoms with E-state index in [2.05, 4.69) is 24.1 Å². The summed E-state index contributed by atoms with van der Waals surface area (Å²) in [5, 5.41) is 2.85. The lowest BCUT2D eigenvalue weighted by Crippen LogP contribution is -2.39. The van der Waals surface area contributed by atoms with Gasteiger partial charge < -0.3 is 10.2 Å². The Morgan fingerprint density at radius 2 is 2.10 bits per heavy atom. The van der Waals surface area contributed by atoms with Gasteiger partial charge in [-0.25, -0.2) is 4.39 Å². The number of nitrogens with one attached hydrogen (secondary N) is 1. The summed E-state index contributed by atoms with van der Waals surface area (Å²) in [7, 11) is 0. The van der Waals surface area contributed by atoms with E-state index in [9.17, 15) is 9.18 Å². The molecule has 1 saturated heterocycles. The molecule has 0 radical (unpaired) electrons. The third kappa shape index (κ3) is 4.68. The second kappa shape index (κ2) is 7.23. The van der Waals surface area contributed by atoms with Gasteiger partial charge in [0.05, 0.1) is 5.02 Å². The molecule has 1 aromatic rings. The highest BCUT2D eigenvalue weighted by Gasteiger charge is 2.25. The lowest BCUT2D eigenvalue weighted by atomic mass is 9.95. The lowest BCUT2D eigenvalue weighted by Gasteiger charge is -2.32. The van der Waals surface area contributed by atoms with Crippen LogP contribution in [0.25, 0.3) is 0 Å². The Bertz CT molecular complexity index is 499. The van der Waals surface area contributed by atoms with Gasteiger partial charge in [0.15, 0.2) is 0 Å². The largest absolute Gasteiger partial charge is 0.326 e. The van der Waals surface area contributed by atoms with Gasteiger partial charge in [-0.05, 0) is 50.0 Å². The van der Waals surface area contributed by atoms with E-state index < -0.39 is 5.82 Å². The average molecular weight is 313 g/mol. The Morgan fingerprint density at radius 3 is 2.67 bits per heavy atom. The van der Waals surface area contributed by atoms with Crippen molar-refractivity contribution in [3.63, 3.8) is 0 Å². The molecule has 1 fully saturated rings. The number of piperidine rings is 1. The van der Waals surface area contributed by atoms with E-state index in [1.807, 2.05) is 0 Å². The summed E-state index contributed by atoms with van der Waals surface area (Å²) in [6.45, 7) is 7.41. The highest BCUT2D eigenvalue weighted by molar-refractivity contribution is 6.31. The Labute approximate surface area is 130 Å². The van der Waals surface area contributed by atoms with Crippen LogP contribution in [0.5, 0.6) is 0 Å². The van der Waals surface area contributed by atoms with Gasteiger partial charge in [0.1, 0.15) is 5.82 Å². The fourth-order valence-electron chi connectivity index (χ4n) is 2.71. The molecule has 21 heavy (non-hydrogen) atoms. The number of benzene rings is 1. The van der Waals surface area contributed by atoms with Crippen molar-refractivity contribution in [1.29, 1.82) is 0 Å². The van der Waals surface area contributed by atoms with Crippen molar-refractivity contribution in [2.75, 3.05) is 25.0 Å². The number of amides is 1. The van der Waals surface area contributed by atoms with E-state index in [0.29, 0.717) is 11.6 Å². The molecular weight excluding hydrogens is 291 g/mol. The second-order valence-corrected chi connectivity index (χ2v) is 6.49.